The molecule has 0 aliphatic heterocycles. The number of Topliss-reactive ketones (excluding diaryl/α,β-unsaturated/α-hetero) is 1. The van der Waals surface area contributed by atoms with Crippen LogP contribution in [0.1, 0.15) is 35.4 Å². The first-order valence-corrected chi connectivity index (χ1v) is 14.5. The fourth-order valence-electron chi connectivity index (χ4n) is 3.84. The third kappa shape index (κ3) is 10.9. The molecule has 2 amide bonds. The number of rotatable bonds is 12. The maximum Gasteiger partial charge on any atom is 0.408 e. The zero-order valence-corrected chi connectivity index (χ0v) is 26.7. The number of ether oxygens (including phenoxy) is 1. The Morgan fingerprint density at radius 2 is 1.13 bits per heavy atom. The van der Waals surface area contributed by atoms with Crippen molar-refractivity contribution in [2.75, 3.05) is 6.54 Å². The molecule has 12 nitrogen and oxygen atoms in total. The van der Waals surface area contributed by atoms with E-state index in [2.05, 4.69) is 10.6 Å². The number of halogens is 4. The lowest BCUT2D eigenvalue weighted by molar-refractivity contribution is -0.147. The van der Waals surface area contributed by atoms with Crippen LogP contribution in [0.15, 0.2) is 66.7 Å². The van der Waals surface area contributed by atoms with E-state index >= 15 is 0 Å². The topological polar surface area (TPSA) is 196 Å². The molecule has 0 saturated heterocycles. The highest BCUT2D eigenvalue weighted by Gasteiger charge is 2.42. The summed E-state index contributed by atoms with van der Waals surface area (Å²) in [6.07, 6.45) is -0.744. The Morgan fingerprint density at radius 3 is 1.52 bits per heavy atom. The van der Waals surface area contributed by atoms with Gasteiger partial charge in [-0.1, -0.05) is 88.9 Å². The van der Waals surface area contributed by atoms with Crippen molar-refractivity contribution < 1.29 is 48.8 Å². The minimum Gasteiger partial charge on any atom is -0.480 e. The lowest BCUT2D eigenvalue weighted by Gasteiger charge is -2.21. The van der Waals surface area contributed by atoms with E-state index in [-0.39, 0.29) is 37.8 Å². The number of benzene rings is 3. The number of amides is 2. The van der Waals surface area contributed by atoms with Crippen molar-refractivity contribution in [1.82, 2.24) is 10.6 Å². The number of carbonyl (C=O) groups excluding carboxylic acids is 3. The summed E-state index contributed by atoms with van der Waals surface area (Å²) in [6.45, 7) is 1.03. The van der Waals surface area contributed by atoms with Crippen molar-refractivity contribution in [1.29, 1.82) is 0 Å². The predicted molar refractivity (Wildman–Crippen MR) is 169 cm³/mol. The second-order valence-corrected chi connectivity index (χ2v) is 10.9. The van der Waals surface area contributed by atoms with Crippen molar-refractivity contribution in [2.24, 2.45) is 0 Å². The molecule has 0 radical (unpaired) electrons. The third-order valence-corrected chi connectivity index (χ3v) is 7.31. The van der Waals surface area contributed by atoms with E-state index in [1.165, 1.54) is 43.3 Å². The van der Waals surface area contributed by atoms with Crippen LogP contribution in [0.3, 0.4) is 0 Å². The Balaban J connectivity index is 0.000000332. The largest absolute Gasteiger partial charge is 0.480 e. The molecule has 0 aliphatic rings. The van der Waals surface area contributed by atoms with Gasteiger partial charge in [-0.2, -0.15) is 0 Å². The smallest absolute Gasteiger partial charge is 0.408 e. The number of hydrogen-bond donors (Lipinski definition) is 5. The number of hydrogen-bond acceptors (Lipinski definition) is 7. The molecule has 0 saturated carbocycles. The number of alkyl carbamates (subject to hydrolysis) is 1. The van der Waals surface area contributed by atoms with E-state index in [0.717, 1.165) is 5.56 Å². The van der Waals surface area contributed by atoms with Gasteiger partial charge in [-0.05, 0) is 36.8 Å². The molecule has 3 aromatic rings. The van der Waals surface area contributed by atoms with Crippen molar-refractivity contribution in [3.63, 3.8) is 0 Å². The Bertz CT molecular complexity index is 1490. The number of carbonyl (C=O) groups is 6. The van der Waals surface area contributed by atoms with Crippen molar-refractivity contribution >= 4 is 82.1 Å². The summed E-state index contributed by atoms with van der Waals surface area (Å²) in [5.74, 6) is -9.94. The maximum absolute atomic E-state index is 12.9. The highest BCUT2D eigenvalue weighted by atomic mass is 35.5. The van der Waals surface area contributed by atoms with Crippen molar-refractivity contribution in [3.8, 4) is 0 Å². The summed E-state index contributed by atoms with van der Waals surface area (Å²) in [5.41, 5.74) is 0.441. The molecule has 0 fully saturated rings. The quantitative estimate of drug-likeness (QED) is 0.151. The van der Waals surface area contributed by atoms with Gasteiger partial charge in [0, 0.05) is 31.2 Å². The summed E-state index contributed by atoms with van der Waals surface area (Å²) >= 11 is 24.0. The highest BCUT2D eigenvalue weighted by molar-refractivity contribution is 6.39. The van der Waals surface area contributed by atoms with Crippen LogP contribution in [0.2, 0.25) is 20.1 Å². The number of carboxylic acids is 3. The van der Waals surface area contributed by atoms with E-state index < -0.39 is 60.1 Å². The second kappa shape index (κ2) is 18.0. The summed E-state index contributed by atoms with van der Waals surface area (Å²) in [4.78, 5) is 69.6. The number of ketones is 1. The fourth-order valence-corrected chi connectivity index (χ4v) is 5.07. The molecule has 244 valence electrons. The number of nitrogens with one attached hydrogen (secondary N) is 2. The second-order valence-electron chi connectivity index (χ2n) is 9.25. The van der Waals surface area contributed by atoms with Gasteiger partial charge in [0.2, 0.25) is 5.91 Å². The van der Waals surface area contributed by atoms with Crippen LogP contribution in [0, 0.1) is 0 Å². The molecule has 0 aromatic heterocycles. The summed E-state index contributed by atoms with van der Waals surface area (Å²) in [6, 6.07) is 16.6. The van der Waals surface area contributed by atoms with Crippen LogP contribution in [-0.2, 0) is 35.3 Å². The van der Waals surface area contributed by atoms with E-state index in [1.54, 1.807) is 12.1 Å². The van der Waals surface area contributed by atoms with Crippen LogP contribution in [0.4, 0.5) is 4.79 Å². The first kappa shape index (κ1) is 37.8. The molecule has 2 unspecified atom stereocenters. The van der Waals surface area contributed by atoms with Gasteiger partial charge >= 0.3 is 24.0 Å². The third-order valence-electron chi connectivity index (χ3n) is 5.99. The predicted octanol–water partition coefficient (Wildman–Crippen LogP) is 5.41. The van der Waals surface area contributed by atoms with Crippen LogP contribution in [-0.4, -0.2) is 63.6 Å². The molecule has 0 aliphatic carbocycles. The fraction of sp³-hybridized carbons (Fsp3) is 0.200. The first-order valence-electron chi connectivity index (χ1n) is 13.0. The summed E-state index contributed by atoms with van der Waals surface area (Å²) in [5, 5.41) is 31.7. The van der Waals surface area contributed by atoms with Gasteiger partial charge in [0.05, 0.1) is 0 Å². The van der Waals surface area contributed by atoms with E-state index in [0.29, 0.717) is 0 Å². The standard InChI is InChI=1S/C17H10Cl4O5.C13H16N2O5/c18-7-3-1-4-8(19)11(7)13(16(23)24)15(22)14(17(25)26)12-9(20)5-2-6-10(12)21;1-9(12(18)14-7-11(16)17)15-13(19)20-8-10-5-3-2-4-6-10/h1-6,13-14H,(H,23,24)(H,25,26);2-6,9H,7-8H2,1H3,(H,14,18)(H,15,19)(H,16,17)/t;9-/m.0/s1. The van der Waals surface area contributed by atoms with Gasteiger partial charge in [-0.25, -0.2) is 4.79 Å². The molecular formula is C30H26Cl4N2O10. The summed E-state index contributed by atoms with van der Waals surface area (Å²) < 4.78 is 4.93. The van der Waals surface area contributed by atoms with Gasteiger partial charge < -0.3 is 30.7 Å². The normalized spacial score (nSPS) is 12.3. The van der Waals surface area contributed by atoms with Crippen molar-refractivity contribution in [2.45, 2.75) is 31.4 Å². The Labute approximate surface area is 282 Å². The first-order chi connectivity index (χ1) is 21.6. The number of aliphatic carboxylic acids is 3. The molecule has 16 heteroatoms. The van der Waals surface area contributed by atoms with Gasteiger partial charge in [0.15, 0.2) is 5.78 Å². The van der Waals surface area contributed by atoms with Gasteiger partial charge in [-0.3, -0.25) is 24.0 Å². The van der Waals surface area contributed by atoms with E-state index in [4.69, 9.17) is 56.2 Å². The Kier molecular flexibility index (Phi) is 14.8. The molecule has 3 atom stereocenters. The zero-order valence-electron chi connectivity index (χ0n) is 23.7. The Hall–Kier alpha value is -4.36. The van der Waals surface area contributed by atoms with Crippen molar-refractivity contribution in [3.05, 3.63) is 104 Å². The molecule has 0 bridgehead atoms. The molecule has 0 spiro atoms. The lowest BCUT2D eigenvalue weighted by Crippen LogP contribution is -2.46. The van der Waals surface area contributed by atoms with Crippen LogP contribution in [0.25, 0.3) is 0 Å². The average Bonchev–Trinajstić information content (AvgIpc) is 2.98. The molecular weight excluding hydrogens is 690 g/mol. The van der Waals surface area contributed by atoms with Gasteiger partial charge in [0.25, 0.3) is 0 Å². The van der Waals surface area contributed by atoms with Crippen LogP contribution < -0.4 is 10.6 Å². The van der Waals surface area contributed by atoms with Gasteiger partial charge in [0.1, 0.15) is 31.0 Å². The number of carboxylic acid groups (broad SMARTS) is 3. The molecule has 5 N–H and O–H groups in total. The SMILES string of the molecule is C[C@H](NC(=O)OCc1ccccc1)C(=O)NCC(=O)O.O=C(O)C(C(=O)C(C(=O)O)c1c(Cl)cccc1Cl)c1c(Cl)cccc1Cl. The van der Waals surface area contributed by atoms with Crippen LogP contribution in [0.5, 0.6) is 0 Å². The molecule has 3 rings (SSSR count). The highest BCUT2D eigenvalue weighted by Crippen LogP contribution is 2.39. The molecule has 0 heterocycles. The maximum atomic E-state index is 12.9. The minimum atomic E-state index is -1.91. The average molecular weight is 716 g/mol. The zero-order chi connectivity index (χ0) is 34.6. The van der Waals surface area contributed by atoms with E-state index in [9.17, 15) is 39.0 Å². The molecule has 3 aromatic carbocycles. The van der Waals surface area contributed by atoms with Gasteiger partial charge in [-0.15, -0.1) is 0 Å². The summed E-state index contributed by atoms with van der Waals surface area (Å²) in [7, 11) is 0. The van der Waals surface area contributed by atoms with Crippen LogP contribution >= 0.6 is 46.4 Å². The van der Waals surface area contributed by atoms with E-state index in [1.807, 2.05) is 18.2 Å². The Morgan fingerprint density at radius 1 is 0.696 bits per heavy atom. The minimum absolute atomic E-state index is 0.0763. The molecule has 46 heavy (non-hydrogen) atoms. The lowest BCUT2D eigenvalue weighted by atomic mass is 9.83. The monoisotopic (exact) mass is 714 g/mol.